The maximum absolute atomic E-state index is 5.20. The maximum atomic E-state index is 5.20. The number of fused-ring (bicyclic) bond motifs is 3. The molecule has 0 aliphatic heterocycles. The lowest BCUT2D eigenvalue weighted by Crippen LogP contribution is -1.96. The second kappa shape index (κ2) is 14.4. The lowest BCUT2D eigenvalue weighted by atomic mass is 9.93. The molecule has 0 bridgehead atoms. The molecule has 0 fully saturated rings. The summed E-state index contributed by atoms with van der Waals surface area (Å²) in [5.41, 5.74) is 14.8. The summed E-state index contributed by atoms with van der Waals surface area (Å²) < 4.78 is 0. The minimum atomic E-state index is 0.688. The molecular formula is C53H35N3. The largest absolute Gasteiger partial charge is 0.248 e. The summed E-state index contributed by atoms with van der Waals surface area (Å²) in [5.74, 6) is 0.688. The molecule has 0 amide bonds. The zero-order chi connectivity index (χ0) is 37.3. The highest BCUT2D eigenvalue weighted by molar-refractivity contribution is 6.14. The van der Waals surface area contributed by atoms with E-state index in [-0.39, 0.29) is 0 Å². The number of hydrogen-bond acceptors (Lipinski definition) is 3. The van der Waals surface area contributed by atoms with E-state index in [9.17, 15) is 0 Å². The van der Waals surface area contributed by atoms with Crippen LogP contribution in [0.1, 0.15) is 0 Å². The fourth-order valence-corrected chi connectivity index (χ4v) is 7.65. The zero-order valence-electron chi connectivity index (χ0n) is 30.5. The molecule has 2 aromatic heterocycles. The molecule has 0 unspecified atom stereocenters. The fraction of sp³-hybridized carbons (Fsp3) is 0. The number of nitrogens with zero attached hydrogens (tertiary/aromatic N) is 3. The van der Waals surface area contributed by atoms with Crippen molar-refractivity contribution in [2.75, 3.05) is 0 Å². The van der Waals surface area contributed by atoms with Crippen LogP contribution in [0.3, 0.4) is 0 Å². The molecule has 262 valence electrons. The second-order valence-corrected chi connectivity index (χ2v) is 14.0. The van der Waals surface area contributed by atoms with Gasteiger partial charge in [0.15, 0.2) is 5.82 Å². The van der Waals surface area contributed by atoms with Crippen LogP contribution in [-0.2, 0) is 0 Å². The van der Waals surface area contributed by atoms with Crippen LogP contribution in [0.25, 0.3) is 100 Å². The summed E-state index contributed by atoms with van der Waals surface area (Å²) in [6, 6.07) is 74.5. The van der Waals surface area contributed by atoms with Gasteiger partial charge in [-0.25, -0.2) is 15.0 Å². The van der Waals surface area contributed by atoms with Gasteiger partial charge in [-0.15, -0.1) is 0 Å². The molecule has 0 aliphatic rings. The molecule has 3 nitrogen and oxygen atoms in total. The van der Waals surface area contributed by atoms with Crippen LogP contribution in [0.5, 0.6) is 0 Å². The summed E-state index contributed by atoms with van der Waals surface area (Å²) in [6.07, 6.45) is 0. The number of pyridine rings is 1. The minimum absolute atomic E-state index is 0.688. The fourth-order valence-electron chi connectivity index (χ4n) is 7.65. The third-order valence-corrected chi connectivity index (χ3v) is 10.5. The molecule has 3 heteroatoms. The molecule has 0 saturated heterocycles. The second-order valence-electron chi connectivity index (χ2n) is 14.0. The van der Waals surface area contributed by atoms with E-state index in [1.54, 1.807) is 0 Å². The van der Waals surface area contributed by atoms with Gasteiger partial charge < -0.3 is 0 Å². The molecule has 2 heterocycles. The van der Waals surface area contributed by atoms with Crippen LogP contribution >= 0.6 is 0 Å². The van der Waals surface area contributed by atoms with Crippen LogP contribution in [0.2, 0.25) is 0 Å². The van der Waals surface area contributed by atoms with Crippen molar-refractivity contribution in [1.82, 2.24) is 15.0 Å². The van der Waals surface area contributed by atoms with Gasteiger partial charge in [0.25, 0.3) is 0 Å². The first-order valence-electron chi connectivity index (χ1n) is 18.9. The van der Waals surface area contributed by atoms with E-state index < -0.39 is 0 Å². The molecule has 0 spiro atoms. The Hall–Kier alpha value is -7.49. The van der Waals surface area contributed by atoms with Crippen molar-refractivity contribution < 1.29 is 0 Å². The number of benzene rings is 8. The van der Waals surface area contributed by atoms with Crippen LogP contribution in [0.15, 0.2) is 212 Å². The van der Waals surface area contributed by atoms with Crippen molar-refractivity contribution >= 4 is 21.7 Å². The van der Waals surface area contributed by atoms with Gasteiger partial charge in [-0.05, 0) is 80.6 Å². The van der Waals surface area contributed by atoms with Gasteiger partial charge in [0.1, 0.15) is 0 Å². The SMILES string of the molecule is c1ccc(-c2cccc(-c3cc(-c4ccccc4)nc(-c4cccc(-c5ccc6c(ccc7nc(-c8ccccc8)cc(-c8ccccc8)c76)c5)c4)n3)c2)cc1. The van der Waals surface area contributed by atoms with E-state index in [2.05, 4.69) is 194 Å². The molecule has 0 aliphatic carbocycles. The highest BCUT2D eigenvalue weighted by Gasteiger charge is 2.15. The Morgan fingerprint density at radius 3 is 1.41 bits per heavy atom. The van der Waals surface area contributed by atoms with E-state index >= 15 is 0 Å². The first-order chi connectivity index (χ1) is 27.7. The van der Waals surface area contributed by atoms with Crippen LogP contribution in [0, 0.1) is 0 Å². The number of hydrogen-bond donors (Lipinski definition) is 0. The molecule has 10 rings (SSSR count). The molecule has 8 aromatic carbocycles. The highest BCUT2D eigenvalue weighted by Crippen LogP contribution is 2.38. The van der Waals surface area contributed by atoms with Gasteiger partial charge in [-0.2, -0.15) is 0 Å². The van der Waals surface area contributed by atoms with E-state index in [1.807, 2.05) is 18.2 Å². The van der Waals surface area contributed by atoms with E-state index in [0.29, 0.717) is 5.82 Å². The predicted molar refractivity (Wildman–Crippen MR) is 233 cm³/mol. The standard InChI is InChI=1S/C53H35N3/c1-5-15-36(16-6-1)40-23-13-25-44(32-40)51-35-50(39-21-11-4-12-22-39)55-53(56-51)45-26-14-24-41(33-45)42-27-29-46-43(31-42)28-30-48-52(46)47(37-17-7-2-8-18-37)34-49(54-48)38-19-9-3-10-20-38/h1-35H. The van der Waals surface area contributed by atoms with Crippen molar-refractivity contribution in [1.29, 1.82) is 0 Å². The topological polar surface area (TPSA) is 38.7 Å². The summed E-state index contributed by atoms with van der Waals surface area (Å²) in [6.45, 7) is 0. The third-order valence-electron chi connectivity index (χ3n) is 10.5. The Morgan fingerprint density at radius 2 is 0.750 bits per heavy atom. The van der Waals surface area contributed by atoms with Gasteiger partial charge in [0, 0.05) is 27.6 Å². The maximum Gasteiger partial charge on any atom is 0.160 e. The minimum Gasteiger partial charge on any atom is -0.248 e. The van der Waals surface area contributed by atoms with Crippen molar-refractivity contribution in [3.63, 3.8) is 0 Å². The van der Waals surface area contributed by atoms with E-state index in [0.717, 1.165) is 72.3 Å². The van der Waals surface area contributed by atoms with Crippen molar-refractivity contribution in [2.45, 2.75) is 0 Å². The van der Waals surface area contributed by atoms with Gasteiger partial charge in [0.2, 0.25) is 0 Å². The van der Waals surface area contributed by atoms with Gasteiger partial charge in [0.05, 0.1) is 22.6 Å². The van der Waals surface area contributed by atoms with Gasteiger partial charge >= 0.3 is 0 Å². The first kappa shape index (κ1) is 33.1. The first-order valence-corrected chi connectivity index (χ1v) is 18.9. The monoisotopic (exact) mass is 713 g/mol. The van der Waals surface area contributed by atoms with Crippen molar-refractivity contribution in [3.8, 4) is 78.5 Å². The van der Waals surface area contributed by atoms with E-state index in [4.69, 9.17) is 15.0 Å². The van der Waals surface area contributed by atoms with Crippen molar-refractivity contribution in [3.05, 3.63) is 212 Å². The smallest absolute Gasteiger partial charge is 0.160 e. The number of aromatic nitrogens is 3. The Kier molecular flexibility index (Phi) is 8.51. The summed E-state index contributed by atoms with van der Waals surface area (Å²) >= 11 is 0. The molecule has 0 N–H and O–H groups in total. The summed E-state index contributed by atoms with van der Waals surface area (Å²) in [7, 11) is 0. The normalized spacial score (nSPS) is 11.2. The average molecular weight is 714 g/mol. The molecular weight excluding hydrogens is 679 g/mol. The van der Waals surface area contributed by atoms with Crippen LogP contribution in [-0.4, -0.2) is 15.0 Å². The average Bonchev–Trinajstić information content (AvgIpc) is 3.29. The summed E-state index contributed by atoms with van der Waals surface area (Å²) in [4.78, 5) is 15.5. The van der Waals surface area contributed by atoms with Gasteiger partial charge in [-0.1, -0.05) is 176 Å². The lowest BCUT2D eigenvalue weighted by molar-refractivity contribution is 1.18. The predicted octanol–water partition coefficient (Wildman–Crippen LogP) is 13.8. The Morgan fingerprint density at radius 1 is 0.268 bits per heavy atom. The quantitative estimate of drug-likeness (QED) is 0.154. The zero-order valence-corrected chi connectivity index (χ0v) is 30.5. The Balaban J connectivity index is 1.08. The molecule has 0 saturated carbocycles. The molecule has 0 radical (unpaired) electrons. The van der Waals surface area contributed by atoms with Crippen LogP contribution < -0.4 is 0 Å². The van der Waals surface area contributed by atoms with Gasteiger partial charge in [-0.3, -0.25) is 0 Å². The van der Waals surface area contributed by atoms with Crippen LogP contribution in [0.4, 0.5) is 0 Å². The number of rotatable bonds is 7. The Bertz CT molecular complexity index is 3000. The molecule has 56 heavy (non-hydrogen) atoms. The Labute approximate surface area is 326 Å². The summed E-state index contributed by atoms with van der Waals surface area (Å²) in [5, 5.41) is 3.49. The molecule has 10 aromatic rings. The highest BCUT2D eigenvalue weighted by atomic mass is 14.9. The van der Waals surface area contributed by atoms with E-state index in [1.165, 1.54) is 22.1 Å². The lowest BCUT2D eigenvalue weighted by Gasteiger charge is -2.14. The molecule has 0 atom stereocenters. The third kappa shape index (κ3) is 6.42. The van der Waals surface area contributed by atoms with Crippen molar-refractivity contribution in [2.24, 2.45) is 0 Å².